The van der Waals surface area contributed by atoms with Crippen molar-refractivity contribution in [2.24, 2.45) is 0 Å². The van der Waals surface area contributed by atoms with Crippen molar-refractivity contribution in [2.75, 3.05) is 22.6 Å². The Kier molecular flexibility index (Phi) is 5.61. The third-order valence-electron chi connectivity index (χ3n) is 5.33. The fraction of sp³-hybridized carbons (Fsp3) is 0.450. The second-order valence-electron chi connectivity index (χ2n) is 7.80. The summed E-state index contributed by atoms with van der Waals surface area (Å²) >= 11 is 0. The number of nitrogens with zero attached hydrogens (tertiary/aromatic N) is 3. The fourth-order valence-corrected chi connectivity index (χ4v) is 3.58. The van der Waals surface area contributed by atoms with E-state index in [2.05, 4.69) is 20.6 Å². The molecule has 172 valence electrons. The summed E-state index contributed by atoms with van der Waals surface area (Å²) in [5.74, 6) is -4.50. The van der Waals surface area contributed by atoms with Crippen LogP contribution >= 0.6 is 0 Å². The van der Waals surface area contributed by atoms with Gasteiger partial charge in [-0.15, -0.1) is 0 Å². The lowest BCUT2D eigenvalue weighted by molar-refractivity contribution is -0.257. The van der Waals surface area contributed by atoms with Gasteiger partial charge in [0.15, 0.2) is 23.7 Å². The van der Waals surface area contributed by atoms with Crippen LogP contribution in [0.1, 0.15) is 25.5 Å². The molecule has 1 aliphatic heterocycles. The van der Waals surface area contributed by atoms with E-state index in [4.69, 9.17) is 9.47 Å². The van der Waals surface area contributed by atoms with Gasteiger partial charge in [0.25, 0.3) is 0 Å². The lowest BCUT2D eigenvalue weighted by Crippen LogP contribution is -2.61. The molecule has 1 aromatic carbocycles. The number of halogens is 2. The van der Waals surface area contributed by atoms with Crippen molar-refractivity contribution in [3.05, 3.63) is 35.5 Å². The van der Waals surface area contributed by atoms with Gasteiger partial charge in [-0.1, -0.05) is 0 Å². The van der Waals surface area contributed by atoms with Crippen LogP contribution < -0.4 is 20.3 Å². The molecule has 0 spiro atoms. The molecule has 1 aromatic heterocycles. The Labute approximate surface area is 182 Å². The topological polar surface area (TPSA) is 129 Å². The Balaban J connectivity index is 1.44. The Morgan fingerprint density at radius 1 is 1.31 bits per heavy atom. The fourth-order valence-electron chi connectivity index (χ4n) is 3.58. The molecule has 1 saturated carbocycles. The minimum atomic E-state index is -2.45. The van der Waals surface area contributed by atoms with Gasteiger partial charge in [-0.25, -0.2) is 13.8 Å². The summed E-state index contributed by atoms with van der Waals surface area (Å²) in [5, 5.41) is 25.8. The maximum atomic E-state index is 13.3. The first-order valence-corrected chi connectivity index (χ1v) is 9.97. The predicted molar refractivity (Wildman–Crippen MR) is 109 cm³/mol. The molecule has 4 rings (SSSR count). The minimum Gasteiger partial charge on any atom is -0.490 e. The lowest BCUT2D eigenvalue weighted by Gasteiger charge is -2.41. The highest BCUT2D eigenvalue weighted by Gasteiger charge is 2.49. The minimum absolute atomic E-state index is 0.0289. The van der Waals surface area contributed by atoms with Gasteiger partial charge in [0.1, 0.15) is 17.5 Å². The van der Waals surface area contributed by atoms with Crippen LogP contribution in [0.15, 0.2) is 18.2 Å². The SMILES string of the molecule is Cc1nc(N[C@H]2C[C@H](Oc3ccc(F)c(F)c3)C2)nc2c1NC(=O)[C@@](O)(O[C@@H](C)O)N2C. The number of aryl methyl sites for hydroxylation is 1. The van der Waals surface area contributed by atoms with Crippen LogP contribution in [0.4, 0.5) is 26.2 Å². The maximum Gasteiger partial charge on any atom is 0.336 e. The molecule has 1 amide bonds. The van der Waals surface area contributed by atoms with Crippen LogP contribution in [0, 0.1) is 18.6 Å². The van der Waals surface area contributed by atoms with Crippen molar-refractivity contribution >= 4 is 23.4 Å². The van der Waals surface area contributed by atoms with Crippen LogP contribution in [0.5, 0.6) is 5.75 Å². The molecule has 0 unspecified atom stereocenters. The molecule has 1 aliphatic carbocycles. The van der Waals surface area contributed by atoms with Gasteiger partial charge in [0.05, 0.1) is 5.69 Å². The summed E-state index contributed by atoms with van der Waals surface area (Å²) in [4.78, 5) is 22.2. The number of ether oxygens (including phenoxy) is 2. The van der Waals surface area contributed by atoms with E-state index in [-0.39, 0.29) is 29.7 Å². The molecule has 2 aromatic rings. The van der Waals surface area contributed by atoms with Gasteiger partial charge in [-0.2, -0.15) is 4.98 Å². The number of hydrogen-bond acceptors (Lipinski definition) is 9. The maximum absolute atomic E-state index is 13.3. The Bertz CT molecular complexity index is 1050. The number of hydrogen-bond donors (Lipinski definition) is 4. The third kappa shape index (κ3) is 4.04. The van der Waals surface area contributed by atoms with E-state index in [1.807, 2.05) is 0 Å². The Hall–Kier alpha value is -3.09. The summed E-state index contributed by atoms with van der Waals surface area (Å²) in [6, 6.07) is 3.36. The molecular weight excluding hydrogens is 428 g/mol. The van der Waals surface area contributed by atoms with Crippen LogP contribution in [0.2, 0.25) is 0 Å². The molecule has 0 radical (unpaired) electrons. The first-order valence-electron chi connectivity index (χ1n) is 9.97. The number of fused-ring (bicyclic) bond motifs is 1. The van der Waals surface area contributed by atoms with Crippen LogP contribution in [0.25, 0.3) is 0 Å². The molecule has 32 heavy (non-hydrogen) atoms. The number of aliphatic hydroxyl groups excluding tert-OH is 1. The van der Waals surface area contributed by atoms with Gasteiger partial charge >= 0.3 is 11.8 Å². The first-order chi connectivity index (χ1) is 15.1. The van der Waals surface area contributed by atoms with Gasteiger partial charge in [-0.3, -0.25) is 14.4 Å². The van der Waals surface area contributed by atoms with E-state index in [1.165, 1.54) is 20.0 Å². The second-order valence-corrected chi connectivity index (χ2v) is 7.80. The van der Waals surface area contributed by atoms with E-state index in [9.17, 15) is 23.8 Å². The van der Waals surface area contributed by atoms with E-state index >= 15 is 0 Å². The molecule has 12 heteroatoms. The van der Waals surface area contributed by atoms with Crippen molar-refractivity contribution in [2.45, 2.75) is 51.0 Å². The number of aromatic nitrogens is 2. The standard InChI is InChI=1S/C20H23F2N5O5/c1-9-16-17(27(3)20(30,18(29)25-16)32-10(2)28)26-19(23-9)24-11-6-13(7-11)31-12-4-5-14(21)15(22)8-12/h4-5,8,10-11,13,28,30H,6-7H2,1-3H3,(H,25,29)(H,23,24,26)/t10-,11-,13-,20+/m0/s1. The molecule has 2 aliphatic rings. The zero-order valence-electron chi connectivity index (χ0n) is 17.6. The average molecular weight is 451 g/mol. The number of carbonyl (C=O) groups is 1. The number of amides is 1. The first kappa shape index (κ1) is 22.1. The largest absolute Gasteiger partial charge is 0.490 e. The zero-order valence-corrected chi connectivity index (χ0v) is 17.6. The second kappa shape index (κ2) is 8.11. The lowest BCUT2D eigenvalue weighted by atomic mass is 9.89. The predicted octanol–water partition coefficient (Wildman–Crippen LogP) is 1.47. The van der Waals surface area contributed by atoms with Crippen LogP contribution in [-0.2, 0) is 9.53 Å². The van der Waals surface area contributed by atoms with E-state index in [0.29, 0.717) is 24.2 Å². The number of carbonyl (C=O) groups excluding carboxylic acids is 1. The Morgan fingerprint density at radius 2 is 2.03 bits per heavy atom. The monoisotopic (exact) mass is 451 g/mol. The van der Waals surface area contributed by atoms with Crippen LogP contribution in [0.3, 0.4) is 0 Å². The quantitative estimate of drug-likeness (QED) is 0.483. The van der Waals surface area contributed by atoms with E-state index in [1.54, 1.807) is 6.92 Å². The molecule has 1 fully saturated rings. The summed E-state index contributed by atoms with van der Waals surface area (Å²) in [6.45, 7) is 2.94. The molecule has 0 saturated heterocycles. The van der Waals surface area contributed by atoms with Crippen molar-refractivity contribution in [1.29, 1.82) is 0 Å². The number of rotatable bonds is 6. The number of aliphatic hydroxyl groups is 2. The molecule has 10 nitrogen and oxygen atoms in total. The molecule has 2 atom stereocenters. The molecule has 0 bridgehead atoms. The van der Waals surface area contributed by atoms with Crippen molar-refractivity contribution in [1.82, 2.24) is 9.97 Å². The van der Waals surface area contributed by atoms with Gasteiger partial charge in [0, 0.05) is 32.0 Å². The number of anilines is 3. The van der Waals surface area contributed by atoms with Gasteiger partial charge in [0.2, 0.25) is 5.95 Å². The highest BCUT2D eigenvalue weighted by molar-refractivity contribution is 6.04. The number of likely N-dealkylation sites (N-methyl/N-ethyl adjacent to an activating group) is 1. The van der Waals surface area contributed by atoms with Crippen molar-refractivity contribution in [3.8, 4) is 5.75 Å². The zero-order chi connectivity index (χ0) is 23.2. The highest BCUT2D eigenvalue weighted by atomic mass is 19.2. The summed E-state index contributed by atoms with van der Waals surface area (Å²) in [7, 11) is 1.41. The average Bonchev–Trinajstić information content (AvgIpc) is 2.68. The number of nitrogens with one attached hydrogen (secondary N) is 2. The van der Waals surface area contributed by atoms with E-state index in [0.717, 1.165) is 17.0 Å². The van der Waals surface area contributed by atoms with Crippen LogP contribution in [-0.4, -0.2) is 57.5 Å². The molecular formula is C20H23F2N5O5. The van der Waals surface area contributed by atoms with Gasteiger partial charge in [-0.05, 0) is 26.0 Å². The van der Waals surface area contributed by atoms with Crippen molar-refractivity contribution < 1.29 is 33.3 Å². The summed E-state index contributed by atoms with van der Waals surface area (Å²) in [6.07, 6.45) is -0.417. The smallest absolute Gasteiger partial charge is 0.336 e. The Morgan fingerprint density at radius 3 is 2.69 bits per heavy atom. The van der Waals surface area contributed by atoms with Gasteiger partial charge < -0.3 is 25.6 Å². The number of benzene rings is 1. The molecule has 2 heterocycles. The third-order valence-corrected chi connectivity index (χ3v) is 5.33. The van der Waals surface area contributed by atoms with E-state index < -0.39 is 29.7 Å². The molecule has 4 N–H and O–H groups in total. The highest BCUT2D eigenvalue weighted by Crippen LogP contribution is 2.37. The normalized spacial score (nSPS) is 25.5. The van der Waals surface area contributed by atoms with Crippen molar-refractivity contribution in [3.63, 3.8) is 0 Å². The summed E-state index contributed by atoms with van der Waals surface area (Å²) < 4.78 is 37.0. The summed E-state index contributed by atoms with van der Waals surface area (Å²) in [5.41, 5.74) is 0.779.